The fraction of sp³-hybridized carbons (Fsp3) is 0.385. The minimum Gasteiger partial charge on any atom is -0.381 e. The van der Waals surface area contributed by atoms with E-state index in [0.29, 0.717) is 18.8 Å². The Morgan fingerprint density at radius 2 is 2.05 bits per heavy atom. The lowest BCUT2D eigenvalue weighted by Gasteiger charge is -2.08. The average Bonchev–Trinajstić information content (AvgIpc) is 2.39. The third-order valence-corrected chi connectivity index (χ3v) is 3.28. The van der Waals surface area contributed by atoms with Gasteiger partial charge in [-0.3, -0.25) is 20.4 Å². The summed E-state index contributed by atoms with van der Waals surface area (Å²) in [5.74, 6) is -0.640. The van der Waals surface area contributed by atoms with Gasteiger partial charge in [0, 0.05) is 16.6 Å². The summed E-state index contributed by atoms with van der Waals surface area (Å²) in [4.78, 5) is 23.1. The number of carbonyl (C=O) groups is 2. The molecule has 0 saturated carbocycles. The molecule has 0 aromatic heterocycles. The highest BCUT2D eigenvalue weighted by atomic mass is 79.9. The van der Waals surface area contributed by atoms with Gasteiger partial charge in [0.05, 0.1) is 13.0 Å². The van der Waals surface area contributed by atoms with Crippen LogP contribution in [0.15, 0.2) is 22.7 Å². The van der Waals surface area contributed by atoms with E-state index in [9.17, 15) is 9.59 Å². The summed E-state index contributed by atoms with van der Waals surface area (Å²) in [5, 5.41) is 0. The second-order valence-corrected chi connectivity index (χ2v) is 4.77. The number of hydrogen-bond donors (Lipinski definition) is 2. The first-order valence-electron chi connectivity index (χ1n) is 5.97. The molecular weight excluding hydrogens is 312 g/mol. The fourth-order valence-corrected chi connectivity index (χ4v) is 1.68. The monoisotopic (exact) mass is 328 g/mol. The second-order valence-electron chi connectivity index (χ2n) is 3.91. The zero-order chi connectivity index (χ0) is 14.3. The number of nitrogens with one attached hydrogen (secondary N) is 2. The number of carbonyl (C=O) groups excluding carboxylic acids is 2. The predicted octanol–water partition coefficient (Wildman–Crippen LogP) is 1.95. The Balaban J connectivity index is 2.42. The number of rotatable bonds is 5. The van der Waals surface area contributed by atoms with E-state index < -0.39 is 0 Å². The first kappa shape index (κ1) is 15.7. The molecule has 2 amide bonds. The van der Waals surface area contributed by atoms with E-state index in [1.165, 1.54) is 0 Å². The minimum absolute atomic E-state index is 0.214. The van der Waals surface area contributed by atoms with E-state index in [1.54, 1.807) is 12.1 Å². The largest absolute Gasteiger partial charge is 0.381 e. The molecule has 1 rings (SSSR count). The van der Waals surface area contributed by atoms with Gasteiger partial charge in [-0.25, -0.2) is 0 Å². The van der Waals surface area contributed by atoms with E-state index >= 15 is 0 Å². The van der Waals surface area contributed by atoms with Crippen LogP contribution in [0.1, 0.15) is 29.3 Å². The molecule has 0 fully saturated rings. The summed E-state index contributed by atoms with van der Waals surface area (Å²) in [6, 6.07) is 5.23. The lowest BCUT2D eigenvalue weighted by atomic mass is 10.1. The molecule has 6 heteroatoms. The van der Waals surface area contributed by atoms with E-state index in [-0.39, 0.29) is 18.2 Å². The Morgan fingerprint density at radius 3 is 2.68 bits per heavy atom. The van der Waals surface area contributed by atoms with Gasteiger partial charge in [0.25, 0.3) is 5.91 Å². The van der Waals surface area contributed by atoms with E-state index in [2.05, 4.69) is 26.8 Å². The molecule has 1 aromatic rings. The van der Waals surface area contributed by atoms with Crippen molar-refractivity contribution in [2.75, 3.05) is 13.2 Å². The molecule has 0 atom stereocenters. The van der Waals surface area contributed by atoms with Gasteiger partial charge in [-0.15, -0.1) is 0 Å². The van der Waals surface area contributed by atoms with Crippen LogP contribution in [0, 0.1) is 6.92 Å². The van der Waals surface area contributed by atoms with E-state index in [1.807, 2.05) is 19.9 Å². The first-order valence-corrected chi connectivity index (χ1v) is 6.77. The Morgan fingerprint density at radius 1 is 1.32 bits per heavy atom. The Labute approximate surface area is 120 Å². The number of hydrogen-bond acceptors (Lipinski definition) is 3. The highest BCUT2D eigenvalue weighted by molar-refractivity contribution is 9.10. The molecule has 1 aromatic carbocycles. The molecule has 0 aliphatic heterocycles. The van der Waals surface area contributed by atoms with Crippen molar-refractivity contribution < 1.29 is 14.3 Å². The summed E-state index contributed by atoms with van der Waals surface area (Å²) in [6.45, 7) is 4.70. The number of hydrazine groups is 1. The number of halogens is 1. The maximum absolute atomic E-state index is 11.8. The van der Waals surface area contributed by atoms with Crippen LogP contribution in [-0.2, 0) is 9.53 Å². The summed E-state index contributed by atoms with van der Waals surface area (Å²) >= 11 is 3.35. The maximum atomic E-state index is 11.8. The number of benzene rings is 1. The van der Waals surface area contributed by atoms with Gasteiger partial charge in [0.2, 0.25) is 5.91 Å². The average molecular weight is 329 g/mol. The van der Waals surface area contributed by atoms with Crippen LogP contribution in [0.25, 0.3) is 0 Å². The van der Waals surface area contributed by atoms with Crippen LogP contribution in [0.4, 0.5) is 0 Å². The van der Waals surface area contributed by atoms with Crippen LogP contribution >= 0.6 is 15.9 Å². The van der Waals surface area contributed by atoms with Gasteiger partial charge >= 0.3 is 0 Å². The normalized spacial score (nSPS) is 10.1. The van der Waals surface area contributed by atoms with Crippen molar-refractivity contribution in [1.82, 2.24) is 10.9 Å². The van der Waals surface area contributed by atoms with Gasteiger partial charge in [0.1, 0.15) is 0 Å². The quantitative estimate of drug-likeness (QED) is 0.641. The second kappa shape index (κ2) is 7.91. The number of aryl methyl sites for hydroxylation is 1. The summed E-state index contributed by atoms with van der Waals surface area (Å²) in [6.07, 6.45) is 0.214. The molecule has 0 unspecified atom stereocenters. The minimum atomic E-state index is -0.356. The molecule has 0 saturated heterocycles. The molecule has 5 nitrogen and oxygen atoms in total. The fourth-order valence-electron chi connectivity index (χ4n) is 1.30. The smallest absolute Gasteiger partial charge is 0.269 e. The predicted molar refractivity (Wildman–Crippen MR) is 75.6 cm³/mol. The number of amides is 2. The first-order chi connectivity index (χ1) is 9.04. The standard InChI is InChI=1S/C13H17BrN2O3/c1-3-19-7-6-12(17)15-16-13(18)10-5-4-9(2)11(14)8-10/h4-5,8H,3,6-7H2,1-2H3,(H,15,17)(H,16,18). The van der Waals surface area contributed by atoms with Gasteiger partial charge < -0.3 is 4.74 Å². The van der Waals surface area contributed by atoms with Crippen molar-refractivity contribution in [2.24, 2.45) is 0 Å². The molecule has 0 heterocycles. The van der Waals surface area contributed by atoms with Crippen molar-refractivity contribution >= 4 is 27.7 Å². The summed E-state index contributed by atoms with van der Waals surface area (Å²) in [7, 11) is 0. The zero-order valence-corrected chi connectivity index (χ0v) is 12.5. The van der Waals surface area contributed by atoms with Crippen molar-refractivity contribution in [3.05, 3.63) is 33.8 Å². The van der Waals surface area contributed by atoms with Gasteiger partial charge in [-0.05, 0) is 31.5 Å². The Kier molecular flexibility index (Phi) is 6.52. The van der Waals surface area contributed by atoms with Crippen molar-refractivity contribution in [2.45, 2.75) is 20.3 Å². The summed E-state index contributed by atoms with van der Waals surface area (Å²) in [5.41, 5.74) is 6.21. The third-order valence-electron chi connectivity index (χ3n) is 2.43. The SMILES string of the molecule is CCOCCC(=O)NNC(=O)c1ccc(C)c(Br)c1. The van der Waals surface area contributed by atoms with Crippen LogP contribution in [-0.4, -0.2) is 25.0 Å². The Hall–Kier alpha value is -1.40. The molecule has 0 bridgehead atoms. The van der Waals surface area contributed by atoms with Gasteiger partial charge in [0.15, 0.2) is 0 Å². The molecule has 0 radical (unpaired) electrons. The lowest BCUT2D eigenvalue weighted by Crippen LogP contribution is -2.41. The zero-order valence-electron chi connectivity index (χ0n) is 11.0. The van der Waals surface area contributed by atoms with Crippen LogP contribution in [0.3, 0.4) is 0 Å². The lowest BCUT2D eigenvalue weighted by molar-refractivity contribution is -0.122. The van der Waals surface area contributed by atoms with Crippen LogP contribution < -0.4 is 10.9 Å². The van der Waals surface area contributed by atoms with Crippen molar-refractivity contribution in [1.29, 1.82) is 0 Å². The highest BCUT2D eigenvalue weighted by Crippen LogP contribution is 2.17. The highest BCUT2D eigenvalue weighted by Gasteiger charge is 2.08. The van der Waals surface area contributed by atoms with Gasteiger partial charge in [-0.2, -0.15) is 0 Å². The summed E-state index contributed by atoms with van der Waals surface area (Å²) < 4.78 is 5.89. The molecule has 2 N–H and O–H groups in total. The molecular formula is C13H17BrN2O3. The molecule has 104 valence electrons. The van der Waals surface area contributed by atoms with Crippen LogP contribution in [0.5, 0.6) is 0 Å². The van der Waals surface area contributed by atoms with E-state index in [0.717, 1.165) is 10.0 Å². The van der Waals surface area contributed by atoms with Crippen LogP contribution in [0.2, 0.25) is 0 Å². The molecule has 0 aliphatic rings. The van der Waals surface area contributed by atoms with E-state index in [4.69, 9.17) is 4.74 Å². The molecule has 19 heavy (non-hydrogen) atoms. The van der Waals surface area contributed by atoms with Crippen molar-refractivity contribution in [3.63, 3.8) is 0 Å². The molecule has 0 spiro atoms. The number of ether oxygens (including phenoxy) is 1. The Bertz CT molecular complexity index is 463. The van der Waals surface area contributed by atoms with Crippen molar-refractivity contribution in [3.8, 4) is 0 Å². The topological polar surface area (TPSA) is 67.4 Å². The van der Waals surface area contributed by atoms with Gasteiger partial charge in [-0.1, -0.05) is 22.0 Å². The third kappa shape index (κ3) is 5.40. The maximum Gasteiger partial charge on any atom is 0.269 e. The molecule has 0 aliphatic carbocycles.